The summed E-state index contributed by atoms with van der Waals surface area (Å²) < 4.78 is 61.1. The van der Waals surface area contributed by atoms with E-state index in [9.17, 15) is 43.5 Å². The molecule has 0 spiro atoms. The van der Waals surface area contributed by atoms with Gasteiger partial charge < -0.3 is 34.2 Å². The minimum absolute atomic E-state index is 0.0880. The number of phosphoric acid groups is 2. The van der Waals surface area contributed by atoms with Gasteiger partial charge in [-0.2, -0.15) is 0 Å². The summed E-state index contributed by atoms with van der Waals surface area (Å²) in [7, 11) is -9.80. The van der Waals surface area contributed by atoms with E-state index in [1.807, 2.05) is 0 Å². The molecule has 0 aromatic heterocycles. The van der Waals surface area contributed by atoms with Gasteiger partial charge in [-0.05, 0) is 135 Å². The van der Waals surface area contributed by atoms with E-state index >= 15 is 0 Å². The predicted octanol–water partition coefficient (Wildman–Crippen LogP) is 23.9. The molecular formula is C85H146O16P2. The van der Waals surface area contributed by atoms with Crippen LogP contribution in [0.5, 0.6) is 0 Å². The van der Waals surface area contributed by atoms with Crippen LogP contribution in [0.25, 0.3) is 0 Å². The average Bonchev–Trinajstić information content (AvgIpc) is 0.915. The molecule has 0 fully saturated rings. The Bertz CT molecular complexity index is 2410. The molecule has 0 heterocycles. The van der Waals surface area contributed by atoms with Crippen molar-refractivity contribution in [3.63, 3.8) is 0 Å². The molecular weight excluding hydrogens is 1340 g/mol. The van der Waals surface area contributed by atoms with Crippen LogP contribution in [0, 0.1) is 0 Å². The standard InChI is InChI=1S/C85H146O16P2/c1-4-7-10-13-16-19-22-25-28-30-31-32-33-34-35-36-37-38-39-40-41-42-43-44-45-46-47-49-52-53-56-59-62-65-68-71-83(88)95-74-80(86)75-97-102(91,92)98-76-81(87)77-99-103(93,94)100-79-82(101-85(90)73-70-67-64-61-58-55-50-27-24-21-18-15-12-9-6-3)78-96-84(89)72-69-66-63-60-57-54-51-48-29-26-23-20-17-14-11-8-5-2/h7-8,10-11,16-17,19-20,25-29,31-32,34-35,37-38,50-51,54,80-82,86-87H,4-6,9,12-15,18,21-24,30,33,36,39-49,52-53,55-79H2,1-3H3,(H,91,92)(H,93,94)/b10-7-,11-8-,19-16-,20-17-,28-25-,29-26-,32-31-,35-34-,38-37-,50-27-,54-51-. The summed E-state index contributed by atoms with van der Waals surface area (Å²) in [5, 5.41) is 20.6. The van der Waals surface area contributed by atoms with Crippen molar-refractivity contribution in [3.8, 4) is 0 Å². The maximum atomic E-state index is 12.9. The number of allylic oxidation sites excluding steroid dienone is 22. The van der Waals surface area contributed by atoms with Crippen LogP contribution in [-0.2, 0) is 55.8 Å². The number of phosphoric ester groups is 2. The van der Waals surface area contributed by atoms with Crippen LogP contribution in [0.3, 0.4) is 0 Å². The van der Waals surface area contributed by atoms with Crippen LogP contribution in [0.15, 0.2) is 134 Å². The first-order valence-corrected chi connectivity index (χ1v) is 43.5. The summed E-state index contributed by atoms with van der Waals surface area (Å²) in [5.41, 5.74) is 0. The number of hydrogen-bond donors (Lipinski definition) is 4. The van der Waals surface area contributed by atoms with E-state index in [1.165, 1.54) is 122 Å². The number of unbranched alkanes of at least 4 members (excludes halogenated alkanes) is 31. The van der Waals surface area contributed by atoms with Crippen LogP contribution in [0.4, 0.5) is 0 Å². The number of carbonyl (C=O) groups is 3. The lowest BCUT2D eigenvalue weighted by atomic mass is 10.0. The maximum Gasteiger partial charge on any atom is 0.472 e. The summed E-state index contributed by atoms with van der Waals surface area (Å²) in [5.74, 6) is -1.61. The molecule has 0 radical (unpaired) electrons. The molecule has 0 aliphatic rings. The Balaban J connectivity index is 4.41. The largest absolute Gasteiger partial charge is 0.472 e. The van der Waals surface area contributed by atoms with Crippen molar-refractivity contribution < 1.29 is 75.8 Å². The summed E-state index contributed by atoms with van der Waals surface area (Å²) in [6.07, 6.45) is 93.8. The topological polar surface area (TPSA) is 231 Å². The quantitative estimate of drug-likeness (QED) is 0.0146. The van der Waals surface area contributed by atoms with E-state index in [2.05, 4.69) is 154 Å². The van der Waals surface area contributed by atoms with Crippen LogP contribution < -0.4 is 0 Å². The molecule has 0 aliphatic heterocycles. The van der Waals surface area contributed by atoms with Gasteiger partial charge in [0.05, 0.1) is 26.4 Å². The first-order valence-electron chi connectivity index (χ1n) is 40.5. The Kier molecular flexibility index (Phi) is 74.1. The number of rotatable bonds is 76. The Labute approximate surface area is 626 Å². The van der Waals surface area contributed by atoms with Gasteiger partial charge in [0.15, 0.2) is 6.10 Å². The second-order valence-corrected chi connectivity index (χ2v) is 29.7. The van der Waals surface area contributed by atoms with Crippen molar-refractivity contribution in [1.29, 1.82) is 0 Å². The van der Waals surface area contributed by atoms with E-state index < -0.39 is 91.5 Å². The molecule has 16 nitrogen and oxygen atoms in total. The molecule has 0 aromatic rings. The van der Waals surface area contributed by atoms with Crippen LogP contribution in [-0.4, -0.2) is 95.9 Å². The maximum absolute atomic E-state index is 12.9. The third kappa shape index (κ3) is 78.6. The Hall–Kier alpha value is -4.31. The molecule has 592 valence electrons. The fourth-order valence-corrected chi connectivity index (χ4v) is 12.3. The zero-order valence-corrected chi connectivity index (χ0v) is 66.5. The highest BCUT2D eigenvalue weighted by atomic mass is 31.2. The lowest BCUT2D eigenvalue weighted by Crippen LogP contribution is -2.30. The Morgan fingerprint density at radius 2 is 0.515 bits per heavy atom. The van der Waals surface area contributed by atoms with E-state index in [-0.39, 0.29) is 19.3 Å². The van der Waals surface area contributed by atoms with Gasteiger partial charge in [-0.25, -0.2) is 9.13 Å². The van der Waals surface area contributed by atoms with Crippen LogP contribution in [0.2, 0.25) is 0 Å². The van der Waals surface area contributed by atoms with Gasteiger partial charge in [0.25, 0.3) is 0 Å². The number of aliphatic hydroxyl groups is 2. The van der Waals surface area contributed by atoms with Gasteiger partial charge in [0.2, 0.25) is 0 Å². The van der Waals surface area contributed by atoms with Crippen molar-refractivity contribution in [2.45, 2.75) is 347 Å². The lowest BCUT2D eigenvalue weighted by Gasteiger charge is -2.21. The fraction of sp³-hybridized carbons (Fsp3) is 0.706. The second-order valence-electron chi connectivity index (χ2n) is 26.8. The third-order valence-electron chi connectivity index (χ3n) is 16.8. The molecule has 0 bridgehead atoms. The van der Waals surface area contributed by atoms with Crippen molar-refractivity contribution >= 4 is 33.6 Å². The summed E-state index contributed by atoms with van der Waals surface area (Å²) in [6, 6.07) is 0. The van der Waals surface area contributed by atoms with Crippen molar-refractivity contribution in [2.24, 2.45) is 0 Å². The molecule has 5 unspecified atom stereocenters. The highest BCUT2D eigenvalue weighted by Crippen LogP contribution is 2.45. The highest BCUT2D eigenvalue weighted by molar-refractivity contribution is 7.47. The zero-order valence-electron chi connectivity index (χ0n) is 64.7. The molecule has 4 N–H and O–H groups in total. The Morgan fingerprint density at radius 3 is 0.825 bits per heavy atom. The van der Waals surface area contributed by atoms with Crippen molar-refractivity contribution in [1.82, 2.24) is 0 Å². The number of carbonyl (C=O) groups excluding carboxylic acids is 3. The Morgan fingerprint density at radius 1 is 0.282 bits per heavy atom. The van der Waals surface area contributed by atoms with E-state index in [1.54, 1.807) is 0 Å². The number of esters is 3. The van der Waals surface area contributed by atoms with Gasteiger partial charge in [-0.3, -0.25) is 32.5 Å². The molecule has 0 saturated carbocycles. The molecule has 5 atom stereocenters. The second kappa shape index (κ2) is 77.3. The van der Waals surface area contributed by atoms with Gasteiger partial charge in [0.1, 0.15) is 25.4 Å². The van der Waals surface area contributed by atoms with Gasteiger partial charge in [0, 0.05) is 19.3 Å². The molecule has 0 aromatic carbocycles. The zero-order chi connectivity index (χ0) is 75.2. The van der Waals surface area contributed by atoms with E-state index in [0.29, 0.717) is 19.3 Å². The van der Waals surface area contributed by atoms with E-state index in [0.717, 1.165) is 148 Å². The highest BCUT2D eigenvalue weighted by Gasteiger charge is 2.29. The van der Waals surface area contributed by atoms with Crippen molar-refractivity contribution in [3.05, 3.63) is 134 Å². The normalized spacial score (nSPS) is 14.7. The summed E-state index contributed by atoms with van der Waals surface area (Å²) >= 11 is 0. The van der Waals surface area contributed by atoms with Gasteiger partial charge >= 0.3 is 33.6 Å². The minimum Gasteiger partial charge on any atom is -0.463 e. The smallest absolute Gasteiger partial charge is 0.463 e. The first kappa shape index (κ1) is 98.7. The van der Waals surface area contributed by atoms with Gasteiger partial charge in [-0.15, -0.1) is 0 Å². The fourth-order valence-electron chi connectivity index (χ4n) is 10.7. The summed E-state index contributed by atoms with van der Waals surface area (Å²) in [4.78, 5) is 58.6. The molecule has 0 saturated heterocycles. The SMILES string of the molecule is CC/C=C\C/C=C\C/C=C\C/C=C\C/C=C\C/C=C\CCCCCCCCCCCCCCCCCCC(=O)OCC(O)COP(=O)(O)OCC(O)COP(=O)(O)OCC(COC(=O)CCCCCC/C=C\C/C=C\C/C=C\C/C=C\CC)OC(=O)CCCCCCC/C=C\CCCCCCCC. The predicted molar refractivity (Wildman–Crippen MR) is 426 cm³/mol. The minimum atomic E-state index is -4.94. The molecule has 0 aliphatic carbocycles. The third-order valence-corrected chi connectivity index (χ3v) is 18.7. The molecule has 0 rings (SSSR count). The summed E-state index contributed by atoms with van der Waals surface area (Å²) in [6.45, 7) is 2.43. The van der Waals surface area contributed by atoms with E-state index in [4.69, 9.17) is 32.3 Å². The van der Waals surface area contributed by atoms with Gasteiger partial charge in [-0.1, -0.05) is 309 Å². The lowest BCUT2D eigenvalue weighted by molar-refractivity contribution is -0.161. The number of aliphatic hydroxyl groups excluding tert-OH is 2. The monoisotopic (exact) mass is 1490 g/mol. The number of ether oxygens (including phenoxy) is 3. The average molecular weight is 1490 g/mol. The number of hydrogen-bond acceptors (Lipinski definition) is 14. The van der Waals surface area contributed by atoms with Crippen LogP contribution in [0.1, 0.15) is 329 Å². The van der Waals surface area contributed by atoms with Crippen molar-refractivity contribution in [2.75, 3.05) is 39.6 Å². The molecule has 103 heavy (non-hydrogen) atoms. The molecule has 0 amide bonds. The first-order chi connectivity index (χ1) is 50.2. The molecule has 18 heteroatoms. The van der Waals surface area contributed by atoms with Crippen LogP contribution >= 0.6 is 15.6 Å².